The van der Waals surface area contributed by atoms with Crippen molar-refractivity contribution in [2.24, 2.45) is 0 Å². The average molecular weight is 151 g/mol. The number of hydrogen-bond acceptors (Lipinski definition) is 4. The highest BCUT2D eigenvalue weighted by atomic mass is 32.1. The Bertz CT molecular complexity index is 255. The molecule has 0 saturated heterocycles. The number of nitrogens with zero attached hydrogens (tertiary/aromatic N) is 2. The second kappa shape index (κ2) is 2.22. The number of rotatable bonds is 1. The summed E-state index contributed by atoms with van der Waals surface area (Å²) in [5, 5.41) is 1.84. The molecule has 2 aromatic heterocycles. The van der Waals surface area contributed by atoms with E-state index in [9.17, 15) is 0 Å². The van der Waals surface area contributed by atoms with Crippen LogP contribution in [0.1, 0.15) is 0 Å². The average Bonchev–Trinajstić information content (AvgIpc) is 2.59. The van der Waals surface area contributed by atoms with Gasteiger partial charge >= 0.3 is 0 Å². The predicted molar refractivity (Wildman–Crippen MR) is 36.4 cm³/mol. The van der Waals surface area contributed by atoms with E-state index in [0.717, 1.165) is 5.56 Å². The quantitative estimate of drug-likeness (QED) is 0.621. The largest absolute Gasteiger partial charge is 0.444 e. The molecule has 1 radical (unpaired) electrons. The molecule has 0 aliphatic rings. The van der Waals surface area contributed by atoms with Crippen molar-refractivity contribution in [1.29, 1.82) is 0 Å². The molecule has 0 aliphatic carbocycles. The van der Waals surface area contributed by atoms with E-state index in [1.54, 1.807) is 6.20 Å². The summed E-state index contributed by atoms with van der Waals surface area (Å²) in [5.41, 5.74) is 0.815. The van der Waals surface area contributed by atoms with Crippen molar-refractivity contribution in [3.05, 3.63) is 24.0 Å². The molecule has 0 aromatic carbocycles. The van der Waals surface area contributed by atoms with Crippen LogP contribution in [0.3, 0.4) is 0 Å². The van der Waals surface area contributed by atoms with E-state index in [1.165, 1.54) is 17.8 Å². The van der Waals surface area contributed by atoms with Gasteiger partial charge in [0.25, 0.3) is 0 Å². The third-order valence-corrected chi connectivity index (χ3v) is 1.59. The van der Waals surface area contributed by atoms with Gasteiger partial charge in [0.05, 0.1) is 11.8 Å². The van der Waals surface area contributed by atoms with Gasteiger partial charge < -0.3 is 4.42 Å². The third-order valence-electron chi connectivity index (χ3n) is 1.05. The lowest BCUT2D eigenvalue weighted by Gasteiger charge is -1.81. The van der Waals surface area contributed by atoms with Crippen LogP contribution in [-0.2, 0) is 0 Å². The van der Waals surface area contributed by atoms with E-state index in [4.69, 9.17) is 4.42 Å². The lowest BCUT2D eigenvalue weighted by Crippen LogP contribution is -1.69. The summed E-state index contributed by atoms with van der Waals surface area (Å²) in [6.07, 6.45) is 5.88. The normalized spacial score (nSPS) is 10.0. The maximum Gasteiger partial charge on any atom is 0.229 e. The number of hydrogen-bond donors (Lipinski definition) is 0. The van der Waals surface area contributed by atoms with Crippen LogP contribution >= 0.6 is 11.5 Å². The Morgan fingerprint density at radius 1 is 1.60 bits per heavy atom. The maximum atomic E-state index is 5.00. The summed E-state index contributed by atoms with van der Waals surface area (Å²) in [6.45, 7) is 0. The fraction of sp³-hybridized carbons (Fsp3) is 0. The van der Waals surface area contributed by atoms with Crippen LogP contribution in [-0.4, -0.2) is 9.36 Å². The summed E-state index contributed by atoms with van der Waals surface area (Å²) in [4.78, 5) is 3.93. The van der Waals surface area contributed by atoms with Crippen LogP contribution in [0.15, 0.2) is 22.3 Å². The molecular weight excluding hydrogens is 148 g/mol. The van der Waals surface area contributed by atoms with Crippen LogP contribution in [0.2, 0.25) is 0 Å². The van der Waals surface area contributed by atoms with E-state index in [0.29, 0.717) is 5.89 Å². The Kier molecular flexibility index (Phi) is 1.25. The molecule has 0 saturated carbocycles. The van der Waals surface area contributed by atoms with Crippen LogP contribution in [0.4, 0.5) is 0 Å². The topological polar surface area (TPSA) is 38.9 Å². The molecule has 2 heterocycles. The van der Waals surface area contributed by atoms with Gasteiger partial charge in [-0.25, -0.2) is 4.98 Å². The Hall–Kier alpha value is -1.16. The van der Waals surface area contributed by atoms with Gasteiger partial charge in [-0.15, -0.1) is 0 Å². The monoisotopic (exact) mass is 151 g/mol. The predicted octanol–water partition coefficient (Wildman–Crippen LogP) is 1.60. The smallest absolute Gasteiger partial charge is 0.229 e. The lowest BCUT2D eigenvalue weighted by molar-refractivity contribution is 0.574. The highest BCUT2D eigenvalue weighted by Crippen LogP contribution is 2.16. The first-order valence-electron chi connectivity index (χ1n) is 2.69. The second-order valence-electron chi connectivity index (χ2n) is 1.68. The Morgan fingerprint density at radius 3 is 3.20 bits per heavy atom. The molecule has 0 atom stereocenters. The van der Waals surface area contributed by atoms with Crippen LogP contribution < -0.4 is 0 Å². The van der Waals surface area contributed by atoms with Gasteiger partial charge in [-0.05, 0) is 11.5 Å². The van der Waals surface area contributed by atoms with Gasteiger partial charge in [0, 0.05) is 5.38 Å². The minimum atomic E-state index is 0.578. The summed E-state index contributed by atoms with van der Waals surface area (Å²) in [7, 11) is 0. The fourth-order valence-electron chi connectivity index (χ4n) is 0.636. The minimum Gasteiger partial charge on any atom is -0.444 e. The molecule has 2 rings (SSSR count). The number of aromatic nitrogens is 2. The zero-order valence-corrected chi connectivity index (χ0v) is 5.76. The maximum absolute atomic E-state index is 5.00. The van der Waals surface area contributed by atoms with Crippen LogP contribution in [0.25, 0.3) is 11.5 Å². The van der Waals surface area contributed by atoms with Crippen molar-refractivity contribution in [1.82, 2.24) is 9.36 Å². The highest BCUT2D eigenvalue weighted by Gasteiger charge is 2.01. The molecule has 10 heavy (non-hydrogen) atoms. The molecule has 3 nitrogen and oxygen atoms in total. The minimum absolute atomic E-state index is 0.578. The molecule has 0 fully saturated rings. The summed E-state index contributed by atoms with van der Waals surface area (Å²) >= 11 is 1.33. The Morgan fingerprint density at radius 2 is 2.60 bits per heavy atom. The van der Waals surface area contributed by atoms with Crippen molar-refractivity contribution in [3.8, 4) is 11.5 Å². The van der Waals surface area contributed by atoms with E-state index in [2.05, 4.69) is 15.6 Å². The Balaban J connectivity index is 2.48. The summed E-state index contributed by atoms with van der Waals surface area (Å²) < 4.78 is 8.80. The van der Waals surface area contributed by atoms with Gasteiger partial charge in [-0.1, -0.05) is 0 Å². The van der Waals surface area contributed by atoms with Crippen molar-refractivity contribution in [2.75, 3.05) is 0 Å². The summed E-state index contributed by atoms with van der Waals surface area (Å²) in [5.74, 6) is 0.578. The molecule has 0 bridgehead atoms. The molecule has 49 valence electrons. The van der Waals surface area contributed by atoms with Crippen molar-refractivity contribution in [3.63, 3.8) is 0 Å². The van der Waals surface area contributed by atoms with Crippen LogP contribution in [0, 0.1) is 6.20 Å². The SMILES string of the molecule is [c]1nscc1-c1ncco1. The number of oxazole rings is 1. The first kappa shape index (κ1) is 5.61. The molecule has 0 N–H and O–H groups in total. The lowest BCUT2D eigenvalue weighted by atomic mass is 10.4. The van der Waals surface area contributed by atoms with E-state index >= 15 is 0 Å². The molecular formula is C6H3N2OS. The zero-order valence-electron chi connectivity index (χ0n) is 4.94. The van der Waals surface area contributed by atoms with E-state index < -0.39 is 0 Å². The molecule has 0 amide bonds. The van der Waals surface area contributed by atoms with Gasteiger partial charge in [-0.2, -0.15) is 4.37 Å². The van der Waals surface area contributed by atoms with Crippen molar-refractivity contribution >= 4 is 11.5 Å². The van der Waals surface area contributed by atoms with Gasteiger partial charge in [0.1, 0.15) is 12.5 Å². The standard InChI is InChI=1S/C6H3N2OS/c1-2-9-6(7-1)5-3-8-10-4-5/h1-2,4H. The molecule has 2 aromatic rings. The second-order valence-corrected chi connectivity index (χ2v) is 2.31. The fourth-order valence-corrected chi connectivity index (χ4v) is 1.10. The summed E-state index contributed by atoms with van der Waals surface area (Å²) in [6, 6.07) is 0. The Labute approximate surface area is 61.5 Å². The van der Waals surface area contributed by atoms with Gasteiger partial charge in [0.2, 0.25) is 5.89 Å². The molecule has 0 spiro atoms. The van der Waals surface area contributed by atoms with Crippen molar-refractivity contribution < 1.29 is 4.42 Å². The third kappa shape index (κ3) is 0.823. The first-order valence-corrected chi connectivity index (χ1v) is 3.52. The van der Waals surface area contributed by atoms with Gasteiger partial charge in [-0.3, -0.25) is 0 Å². The molecule has 0 aliphatic heterocycles. The zero-order chi connectivity index (χ0) is 6.81. The first-order chi connectivity index (χ1) is 4.97. The van der Waals surface area contributed by atoms with Crippen LogP contribution in [0.5, 0.6) is 0 Å². The highest BCUT2D eigenvalue weighted by molar-refractivity contribution is 7.03. The van der Waals surface area contributed by atoms with E-state index in [1.807, 2.05) is 5.38 Å². The van der Waals surface area contributed by atoms with E-state index in [-0.39, 0.29) is 0 Å². The van der Waals surface area contributed by atoms with Gasteiger partial charge in [0.15, 0.2) is 0 Å². The molecule has 0 unspecified atom stereocenters. The van der Waals surface area contributed by atoms with Crippen molar-refractivity contribution in [2.45, 2.75) is 0 Å². The molecule has 4 heteroatoms.